The topological polar surface area (TPSA) is 85.8 Å². The van der Waals surface area contributed by atoms with Crippen molar-refractivity contribution < 1.29 is 9.50 Å². The van der Waals surface area contributed by atoms with Gasteiger partial charge in [0.2, 0.25) is 0 Å². The van der Waals surface area contributed by atoms with Gasteiger partial charge in [-0.05, 0) is 61.4 Å². The van der Waals surface area contributed by atoms with E-state index in [-0.39, 0.29) is 27.8 Å². The Bertz CT molecular complexity index is 1430. The van der Waals surface area contributed by atoms with Crippen molar-refractivity contribution in [2.75, 3.05) is 0 Å². The Kier molecular flexibility index (Phi) is 5.62. The number of pyridine rings is 2. The number of nitrogens with zero attached hydrogens (tertiary/aromatic N) is 5. The van der Waals surface area contributed by atoms with Gasteiger partial charge in [-0.2, -0.15) is 5.10 Å². The lowest BCUT2D eigenvalue weighted by molar-refractivity contribution is 0.0648. The van der Waals surface area contributed by atoms with Crippen molar-refractivity contribution in [2.24, 2.45) is 7.05 Å². The molecule has 3 aromatic heterocycles. The third-order valence-electron chi connectivity index (χ3n) is 5.63. The summed E-state index contributed by atoms with van der Waals surface area (Å²) in [5, 5.41) is 15.7. The number of benzene rings is 1. The summed E-state index contributed by atoms with van der Waals surface area (Å²) in [6.07, 6.45) is 3.31. The molecule has 0 saturated heterocycles. The highest BCUT2D eigenvalue weighted by molar-refractivity contribution is 6.31. The van der Waals surface area contributed by atoms with Crippen LogP contribution in [0.4, 0.5) is 4.39 Å². The highest BCUT2D eigenvalue weighted by Gasteiger charge is 2.26. The van der Waals surface area contributed by atoms with Gasteiger partial charge in [0, 0.05) is 19.4 Å². The Morgan fingerprint density at radius 2 is 1.91 bits per heavy atom. The largest absolute Gasteiger partial charge is 0.382 e. The number of aryl methyl sites for hydroxylation is 2. The van der Waals surface area contributed by atoms with Crippen LogP contribution in [-0.2, 0) is 12.6 Å². The lowest BCUT2D eigenvalue weighted by Gasteiger charge is -2.17. The third kappa shape index (κ3) is 3.94. The molecule has 4 rings (SSSR count). The molecule has 0 atom stereocenters. The quantitative estimate of drug-likeness (QED) is 0.440. The van der Waals surface area contributed by atoms with Crippen molar-refractivity contribution in [1.82, 2.24) is 24.3 Å². The van der Waals surface area contributed by atoms with Crippen LogP contribution in [-0.4, -0.2) is 29.4 Å². The number of halogens is 2. The standard InChI is InChI=1S/C24H25ClFN5O2/c1-12(2)17-11-31(19-13(3)7-8-27-20(19)25)22(32)15-10-18(26)16(9-14(15)17)21-28-23(24(4,5)33)30(6)29-21/h7-12,33H,1-6H3. The van der Waals surface area contributed by atoms with Gasteiger partial charge < -0.3 is 5.11 Å². The second-order valence-corrected chi connectivity index (χ2v) is 9.36. The first-order chi connectivity index (χ1) is 15.4. The van der Waals surface area contributed by atoms with Gasteiger partial charge in [0.15, 0.2) is 16.8 Å². The van der Waals surface area contributed by atoms with Gasteiger partial charge in [0.05, 0.1) is 16.6 Å². The van der Waals surface area contributed by atoms with E-state index in [1.54, 1.807) is 45.4 Å². The van der Waals surface area contributed by atoms with Crippen LogP contribution in [0.1, 0.15) is 50.6 Å². The highest BCUT2D eigenvalue weighted by atomic mass is 35.5. The Morgan fingerprint density at radius 1 is 1.21 bits per heavy atom. The Balaban J connectivity index is 2.03. The molecule has 0 aliphatic rings. The molecule has 0 radical (unpaired) electrons. The molecule has 1 aromatic carbocycles. The summed E-state index contributed by atoms with van der Waals surface area (Å²) in [7, 11) is 1.64. The number of fused-ring (bicyclic) bond motifs is 1. The van der Waals surface area contributed by atoms with Crippen molar-refractivity contribution in [3.63, 3.8) is 0 Å². The molecule has 7 nitrogen and oxygen atoms in total. The van der Waals surface area contributed by atoms with Crippen LogP contribution in [0.3, 0.4) is 0 Å². The van der Waals surface area contributed by atoms with E-state index in [1.165, 1.54) is 15.3 Å². The average Bonchev–Trinajstić information content (AvgIpc) is 3.11. The number of aromatic nitrogens is 5. The summed E-state index contributed by atoms with van der Waals surface area (Å²) < 4.78 is 18.2. The Morgan fingerprint density at radius 3 is 2.48 bits per heavy atom. The van der Waals surface area contributed by atoms with Crippen molar-refractivity contribution >= 4 is 22.4 Å². The van der Waals surface area contributed by atoms with Gasteiger partial charge in [0.1, 0.15) is 11.4 Å². The minimum absolute atomic E-state index is 0.0250. The smallest absolute Gasteiger partial charge is 0.263 e. The van der Waals surface area contributed by atoms with Crippen LogP contribution in [0.25, 0.3) is 27.8 Å². The highest BCUT2D eigenvalue weighted by Crippen LogP contribution is 2.32. The summed E-state index contributed by atoms with van der Waals surface area (Å²) >= 11 is 6.33. The third-order valence-corrected chi connectivity index (χ3v) is 5.91. The van der Waals surface area contributed by atoms with E-state index in [4.69, 9.17) is 11.6 Å². The summed E-state index contributed by atoms with van der Waals surface area (Å²) in [5.74, 6) is -0.164. The Hall–Kier alpha value is -3.10. The minimum Gasteiger partial charge on any atom is -0.382 e. The molecule has 0 bridgehead atoms. The van der Waals surface area contributed by atoms with Gasteiger partial charge in [0.25, 0.3) is 5.56 Å². The zero-order valence-electron chi connectivity index (χ0n) is 19.3. The van der Waals surface area contributed by atoms with Gasteiger partial charge in [-0.15, -0.1) is 0 Å². The average molecular weight is 470 g/mol. The van der Waals surface area contributed by atoms with Crippen molar-refractivity contribution in [3.05, 3.63) is 68.9 Å². The molecule has 4 aromatic rings. The summed E-state index contributed by atoms with van der Waals surface area (Å²) in [6, 6.07) is 4.59. The van der Waals surface area contributed by atoms with E-state index in [0.717, 1.165) is 11.1 Å². The lowest BCUT2D eigenvalue weighted by Crippen LogP contribution is -2.21. The fraction of sp³-hybridized carbons (Fsp3) is 0.333. The maximum absolute atomic E-state index is 15.3. The fourth-order valence-electron chi connectivity index (χ4n) is 4.02. The maximum Gasteiger partial charge on any atom is 0.263 e. The molecule has 0 amide bonds. The number of hydrogen-bond acceptors (Lipinski definition) is 5. The molecule has 172 valence electrons. The molecular weight excluding hydrogens is 445 g/mol. The monoisotopic (exact) mass is 469 g/mol. The maximum atomic E-state index is 15.3. The fourth-order valence-corrected chi connectivity index (χ4v) is 4.32. The zero-order chi connectivity index (χ0) is 24.2. The predicted octanol–water partition coefficient (Wildman–Crippen LogP) is 4.63. The van der Waals surface area contributed by atoms with E-state index in [9.17, 15) is 9.90 Å². The molecule has 0 fully saturated rings. The SMILES string of the molecule is Cc1ccnc(Cl)c1-n1cc(C(C)C)c2cc(-c3nc(C(C)(C)O)n(C)n3)c(F)cc2c1=O. The zero-order valence-corrected chi connectivity index (χ0v) is 20.1. The summed E-state index contributed by atoms with van der Waals surface area (Å²) in [6.45, 7) is 9.00. The first kappa shape index (κ1) is 23.1. The van der Waals surface area contributed by atoms with Crippen LogP contribution < -0.4 is 5.56 Å². The van der Waals surface area contributed by atoms with E-state index in [0.29, 0.717) is 16.9 Å². The summed E-state index contributed by atoms with van der Waals surface area (Å²) in [4.78, 5) is 21.9. The van der Waals surface area contributed by atoms with Crippen molar-refractivity contribution in [3.8, 4) is 17.1 Å². The summed E-state index contributed by atoms with van der Waals surface area (Å²) in [5.41, 5.74) is 0.597. The van der Waals surface area contributed by atoms with Crippen molar-refractivity contribution in [1.29, 1.82) is 0 Å². The van der Waals surface area contributed by atoms with Crippen LogP contribution in [0.5, 0.6) is 0 Å². The van der Waals surface area contributed by atoms with Crippen LogP contribution in [0.2, 0.25) is 5.15 Å². The first-order valence-electron chi connectivity index (χ1n) is 10.5. The predicted molar refractivity (Wildman–Crippen MR) is 126 cm³/mol. The molecule has 3 heterocycles. The van der Waals surface area contributed by atoms with Crippen LogP contribution in [0.15, 0.2) is 35.4 Å². The first-order valence-corrected chi connectivity index (χ1v) is 10.9. The lowest BCUT2D eigenvalue weighted by atomic mass is 9.96. The molecule has 9 heteroatoms. The molecule has 0 saturated carbocycles. The van der Waals surface area contributed by atoms with Crippen LogP contribution in [0, 0.1) is 12.7 Å². The Labute approximate surface area is 195 Å². The molecule has 1 N–H and O–H groups in total. The minimum atomic E-state index is -1.25. The second kappa shape index (κ2) is 8.04. The van der Waals surface area contributed by atoms with Crippen molar-refractivity contribution in [2.45, 2.75) is 46.1 Å². The van der Waals surface area contributed by atoms with E-state index >= 15 is 4.39 Å². The molecule has 33 heavy (non-hydrogen) atoms. The van der Waals surface area contributed by atoms with Gasteiger partial charge in [-0.3, -0.25) is 9.36 Å². The molecule has 0 aliphatic heterocycles. The number of hydrogen-bond donors (Lipinski definition) is 1. The van der Waals surface area contributed by atoms with E-state index < -0.39 is 17.0 Å². The number of rotatable bonds is 4. The normalized spacial score (nSPS) is 12.2. The van der Waals surface area contributed by atoms with Gasteiger partial charge in [-0.25, -0.2) is 19.0 Å². The van der Waals surface area contributed by atoms with Gasteiger partial charge in [-0.1, -0.05) is 25.4 Å². The van der Waals surface area contributed by atoms with Crippen LogP contribution >= 0.6 is 11.6 Å². The van der Waals surface area contributed by atoms with E-state index in [2.05, 4.69) is 15.1 Å². The number of aliphatic hydroxyl groups is 1. The molecule has 0 unspecified atom stereocenters. The molecule has 0 spiro atoms. The molecule has 0 aliphatic carbocycles. The molecular formula is C24H25ClFN5O2. The second-order valence-electron chi connectivity index (χ2n) is 9.00. The van der Waals surface area contributed by atoms with Gasteiger partial charge >= 0.3 is 0 Å². The van der Waals surface area contributed by atoms with E-state index in [1.807, 2.05) is 20.8 Å².